The van der Waals surface area contributed by atoms with Crippen LogP contribution in [0.25, 0.3) is 11.3 Å². The molecule has 0 aliphatic carbocycles. The van der Waals surface area contributed by atoms with E-state index in [1.165, 1.54) is 6.20 Å². The van der Waals surface area contributed by atoms with E-state index >= 15 is 0 Å². The van der Waals surface area contributed by atoms with Crippen LogP contribution in [-0.4, -0.2) is 32.8 Å². The van der Waals surface area contributed by atoms with E-state index in [0.29, 0.717) is 17.7 Å². The fourth-order valence-electron chi connectivity index (χ4n) is 2.47. The average molecular weight is 315 g/mol. The predicted molar refractivity (Wildman–Crippen MR) is 87.0 cm³/mol. The number of hydrogen-bond acceptors (Lipinski definition) is 3. The monoisotopic (exact) mass is 315 g/mol. The lowest BCUT2D eigenvalue weighted by atomic mass is 10.0. The Bertz CT molecular complexity index is 692. The number of aryl methyl sites for hydroxylation is 1. The standard InChI is InChI=1S/C17H21N3O3/c1-11(2)9-14(17(22)23)19-16(21)13-10-18-20(3)15(13)12-7-5-4-6-8-12/h4-8,10-11,14H,9H2,1-3H3,(H,19,21)(H,22,23)/t14-/m1/s1. The van der Waals surface area contributed by atoms with Gasteiger partial charge in [-0.15, -0.1) is 0 Å². The summed E-state index contributed by atoms with van der Waals surface area (Å²) in [6, 6.07) is 8.51. The SMILES string of the molecule is CC(C)C[C@@H](NC(=O)c1cnn(C)c1-c1ccccc1)C(=O)O. The zero-order valence-corrected chi connectivity index (χ0v) is 13.5. The van der Waals surface area contributed by atoms with Gasteiger partial charge in [0.1, 0.15) is 6.04 Å². The number of carboxylic acids is 1. The Morgan fingerprint density at radius 3 is 2.48 bits per heavy atom. The van der Waals surface area contributed by atoms with Gasteiger partial charge in [-0.05, 0) is 12.3 Å². The molecule has 1 heterocycles. The van der Waals surface area contributed by atoms with E-state index in [1.54, 1.807) is 11.7 Å². The topological polar surface area (TPSA) is 84.2 Å². The van der Waals surface area contributed by atoms with Crippen LogP contribution >= 0.6 is 0 Å². The highest BCUT2D eigenvalue weighted by Crippen LogP contribution is 2.23. The van der Waals surface area contributed by atoms with Crippen molar-refractivity contribution in [2.45, 2.75) is 26.3 Å². The summed E-state index contributed by atoms with van der Waals surface area (Å²) in [7, 11) is 1.75. The molecule has 6 nitrogen and oxygen atoms in total. The predicted octanol–water partition coefficient (Wildman–Crippen LogP) is 2.32. The number of amides is 1. The lowest BCUT2D eigenvalue weighted by Gasteiger charge is -2.16. The average Bonchev–Trinajstić information content (AvgIpc) is 2.88. The largest absolute Gasteiger partial charge is 0.480 e. The van der Waals surface area contributed by atoms with Gasteiger partial charge in [0.05, 0.1) is 17.5 Å². The quantitative estimate of drug-likeness (QED) is 0.857. The third kappa shape index (κ3) is 3.97. The number of aromatic nitrogens is 2. The minimum atomic E-state index is -1.03. The van der Waals surface area contributed by atoms with Crippen LogP contribution in [-0.2, 0) is 11.8 Å². The van der Waals surface area contributed by atoms with Crippen LogP contribution in [0.3, 0.4) is 0 Å². The van der Waals surface area contributed by atoms with E-state index in [-0.39, 0.29) is 5.92 Å². The molecule has 2 N–H and O–H groups in total. The van der Waals surface area contributed by atoms with Crippen LogP contribution in [0.5, 0.6) is 0 Å². The zero-order valence-electron chi connectivity index (χ0n) is 13.5. The Labute approximate surface area is 135 Å². The molecule has 1 atom stereocenters. The molecule has 23 heavy (non-hydrogen) atoms. The Kier molecular flexibility index (Phi) is 5.16. The maximum atomic E-state index is 12.5. The summed E-state index contributed by atoms with van der Waals surface area (Å²) in [6.45, 7) is 3.84. The Morgan fingerprint density at radius 1 is 1.26 bits per heavy atom. The van der Waals surface area contributed by atoms with E-state index in [0.717, 1.165) is 5.56 Å². The van der Waals surface area contributed by atoms with Crippen molar-refractivity contribution in [3.63, 3.8) is 0 Å². The Balaban J connectivity index is 2.28. The number of nitrogens with one attached hydrogen (secondary N) is 1. The van der Waals surface area contributed by atoms with E-state index < -0.39 is 17.9 Å². The Morgan fingerprint density at radius 2 is 1.91 bits per heavy atom. The third-order valence-electron chi connectivity index (χ3n) is 3.54. The third-order valence-corrected chi connectivity index (χ3v) is 3.54. The van der Waals surface area contributed by atoms with Gasteiger partial charge in [0, 0.05) is 12.6 Å². The normalized spacial score (nSPS) is 12.2. The maximum Gasteiger partial charge on any atom is 0.326 e. The lowest BCUT2D eigenvalue weighted by Crippen LogP contribution is -2.41. The van der Waals surface area contributed by atoms with Crippen LogP contribution in [0, 0.1) is 5.92 Å². The van der Waals surface area contributed by atoms with Crippen molar-refractivity contribution in [2.24, 2.45) is 13.0 Å². The van der Waals surface area contributed by atoms with E-state index in [4.69, 9.17) is 0 Å². The van der Waals surface area contributed by atoms with Gasteiger partial charge in [-0.25, -0.2) is 4.79 Å². The van der Waals surface area contributed by atoms with Crippen molar-refractivity contribution in [1.29, 1.82) is 0 Å². The lowest BCUT2D eigenvalue weighted by molar-refractivity contribution is -0.139. The molecule has 2 aromatic rings. The van der Waals surface area contributed by atoms with Crippen molar-refractivity contribution in [3.8, 4) is 11.3 Å². The fourth-order valence-corrected chi connectivity index (χ4v) is 2.47. The summed E-state index contributed by atoms with van der Waals surface area (Å²) in [5.41, 5.74) is 1.89. The number of carbonyl (C=O) groups is 2. The minimum absolute atomic E-state index is 0.166. The molecule has 1 aromatic carbocycles. The van der Waals surface area contributed by atoms with Crippen LogP contribution in [0.1, 0.15) is 30.6 Å². The molecule has 0 spiro atoms. The van der Waals surface area contributed by atoms with Gasteiger partial charge >= 0.3 is 5.97 Å². The second-order valence-electron chi connectivity index (χ2n) is 5.89. The molecule has 0 fully saturated rings. The molecule has 2 rings (SSSR count). The van der Waals surface area contributed by atoms with E-state index in [1.807, 2.05) is 44.2 Å². The fraction of sp³-hybridized carbons (Fsp3) is 0.353. The van der Waals surface area contributed by atoms with Gasteiger partial charge in [-0.2, -0.15) is 5.10 Å². The number of carboxylic acid groups (broad SMARTS) is 1. The number of rotatable bonds is 6. The smallest absolute Gasteiger partial charge is 0.326 e. The van der Waals surface area contributed by atoms with Crippen molar-refractivity contribution in [3.05, 3.63) is 42.1 Å². The molecule has 0 saturated carbocycles. The molecule has 0 aliphatic heterocycles. The van der Waals surface area contributed by atoms with E-state index in [2.05, 4.69) is 10.4 Å². The first-order valence-corrected chi connectivity index (χ1v) is 7.51. The number of benzene rings is 1. The first-order valence-electron chi connectivity index (χ1n) is 7.51. The molecular formula is C17H21N3O3. The molecule has 122 valence electrons. The highest BCUT2D eigenvalue weighted by molar-refractivity contribution is 6.01. The molecular weight excluding hydrogens is 294 g/mol. The summed E-state index contributed by atoms with van der Waals surface area (Å²) in [5, 5.41) is 16.0. The summed E-state index contributed by atoms with van der Waals surface area (Å²) < 4.78 is 1.61. The highest BCUT2D eigenvalue weighted by Gasteiger charge is 2.24. The summed E-state index contributed by atoms with van der Waals surface area (Å²) >= 11 is 0. The molecule has 0 saturated heterocycles. The first-order chi connectivity index (χ1) is 10.9. The second-order valence-corrected chi connectivity index (χ2v) is 5.89. The number of carbonyl (C=O) groups excluding carboxylic acids is 1. The minimum Gasteiger partial charge on any atom is -0.480 e. The van der Waals surface area contributed by atoms with Crippen LogP contribution in [0.15, 0.2) is 36.5 Å². The highest BCUT2D eigenvalue weighted by atomic mass is 16.4. The van der Waals surface area contributed by atoms with Crippen LogP contribution < -0.4 is 5.32 Å². The Hall–Kier alpha value is -2.63. The molecule has 0 bridgehead atoms. The van der Waals surface area contributed by atoms with E-state index in [9.17, 15) is 14.7 Å². The van der Waals surface area contributed by atoms with Crippen molar-refractivity contribution in [1.82, 2.24) is 15.1 Å². The van der Waals surface area contributed by atoms with Gasteiger partial charge in [0.25, 0.3) is 5.91 Å². The van der Waals surface area contributed by atoms with Crippen molar-refractivity contribution >= 4 is 11.9 Å². The van der Waals surface area contributed by atoms with Crippen molar-refractivity contribution in [2.75, 3.05) is 0 Å². The summed E-state index contributed by atoms with van der Waals surface area (Å²) in [6.07, 6.45) is 1.84. The van der Waals surface area contributed by atoms with Crippen molar-refractivity contribution < 1.29 is 14.7 Å². The van der Waals surface area contributed by atoms with Gasteiger partial charge in [0.15, 0.2) is 0 Å². The zero-order chi connectivity index (χ0) is 17.0. The molecule has 0 radical (unpaired) electrons. The number of aliphatic carboxylic acids is 1. The number of hydrogen-bond donors (Lipinski definition) is 2. The molecule has 1 aromatic heterocycles. The number of nitrogens with zero attached hydrogens (tertiary/aromatic N) is 2. The van der Waals surface area contributed by atoms with Gasteiger partial charge in [-0.1, -0.05) is 44.2 Å². The second kappa shape index (κ2) is 7.09. The van der Waals surface area contributed by atoms with Gasteiger partial charge in [-0.3, -0.25) is 9.48 Å². The van der Waals surface area contributed by atoms with Gasteiger partial charge < -0.3 is 10.4 Å². The summed E-state index contributed by atoms with van der Waals surface area (Å²) in [5.74, 6) is -1.29. The molecule has 1 amide bonds. The molecule has 0 unspecified atom stereocenters. The van der Waals surface area contributed by atoms with Crippen LogP contribution in [0.4, 0.5) is 0 Å². The molecule has 6 heteroatoms. The van der Waals surface area contributed by atoms with Crippen LogP contribution in [0.2, 0.25) is 0 Å². The molecule has 0 aliphatic rings. The maximum absolute atomic E-state index is 12.5. The first kappa shape index (κ1) is 16.7. The summed E-state index contributed by atoms with van der Waals surface area (Å²) in [4.78, 5) is 23.8. The van der Waals surface area contributed by atoms with Gasteiger partial charge in [0.2, 0.25) is 0 Å².